The average molecular weight is 366 g/mol. The fourth-order valence-electron chi connectivity index (χ4n) is 2.20. The first-order chi connectivity index (χ1) is 10.0. The van der Waals surface area contributed by atoms with E-state index in [0.717, 1.165) is 9.86 Å². The lowest BCUT2D eigenvalue weighted by Gasteiger charge is -2.07. The second kappa shape index (κ2) is 5.20. The topological polar surface area (TPSA) is 48.3 Å². The maximum Gasteiger partial charge on any atom is 0.268 e. The average Bonchev–Trinajstić information content (AvgIpc) is 2.87. The zero-order valence-corrected chi connectivity index (χ0v) is 13.6. The molecule has 21 heavy (non-hydrogen) atoms. The maximum absolute atomic E-state index is 12.8. The summed E-state index contributed by atoms with van der Waals surface area (Å²) in [5.41, 5.74) is 0.595. The van der Waals surface area contributed by atoms with Gasteiger partial charge in [0.1, 0.15) is 5.75 Å². The molecule has 0 saturated carbocycles. The Morgan fingerprint density at radius 2 is 1.71 bits per heavy atom. The van der Waals surface area contributed by atoms with Gasteiger partial charge >= 0.3 is 0 Å². The van der Waals surface area contributed by atoms with Crippen LogP contribution in [0.5, 0.6) is 5.75 Å². The standard InChI is InChI=1S/C15H12BrNO3S/c1-20-15-10-17(14-5-3-2-4-13(14)15)21(18,19)12-8-6-11(16)7-9-12/h2-10H,1H3. The summed E-state index contributed by atoms with van der Waals surface area (Å²) < 4.78 is 32.9. The van der Waals surface area contributed by atoms with Crippen molar-refractivity contribution in [3.8, 4) is 5.75 Å². The van der Waals surface area contributed by atoms with Crippen LogP contribution in [0, 0.1) is 0 Å². The van der Waals surface area contributed by atoms with Gasteiger partial charge in [0.2, 0.25) is 0 Å². The molecule has 6 heteroatoms. The van der Waals surface area contributed by atoms with Gasteiger partial charge in [-0.3, -0.25) is 0 Å². The van der Waals surface area contributed by atoms with E-state index in [1.54, 1.807) is 36.4 Å². The van der Waals surface area contributed by atoms with Gasteiger partial charge in [-0.15, -0.1) is 0 Å². The molecule has 108 valence electrons. The first-order valence-electron chi connectivity index (χ1n) is 6.19. The van der Waals surface area contributed by atoms with Gasteiger partial charge in [0.15, 0.2) is 0 Å². The lowest BCUT2D eigenvalue weighted by molar-refractivity contribution is 0.419. The summed E-state index contributed by atoms with van der Waals surface area (Å²) in [5, 5.41) is 0.765. The smallest absolute Gasteiger partial charge is 0.268 e. The van der Waals surface area contributed by atoms with Crippen molar-refractivity contribution < 1.29 is 13.2 Å². The van der Waals surface area contributed by atoms with Crippen LogP contribution in [0.3, 0.4) is 0 Å². The van der Waals surface area contributed by atoms with Gasteiger partial charge in [-0.05, 0) is 36.4 Å². The predicted molar refractivity (Wildman–Crippen MR) is 85.2 cm³/mol. The SMILES string of the molecule is COc1cn(S(=O)(=O)c2ccc(Br)cc2)c2ccccc12. The van der Waals surface area contributed by atoms with E-state index in [4.69, 9.17) is 4.74 Å². The van der Waals surface area contributed by atoms with Crippen LogP contribution < -0.4 is 4.74 Å². The summed E-state index contributed by atoms with van der Waals surface area (Å²) in [7, 11) is -2.13. The van der Waals surface area contributed by atoms with Crippen LogP contribution in [0.15, 0.2) is 64.1 Å². The van der Waals surface area contributed by atoms with E-state index in [1.165, 1.54) is 17.3 Å². The van der Waals surface area contributed by atoms with Crippen LogP contribution in [-0.2, 0) is 10.0 Å². The molecule has 1 heterocycles. The Bertz CT molecular complexity index is 898. The van der Waals surface area contributed by atoms with Gasteiger partial charge in [-0.25, -0.2) is 12.4 Å². The van der Waals surface area contributed by atoms with Crippen LogP contribution in [0.4, 0.5) is 0 Å². The van der Waals surface area contributed by atoms with Crippen molar-refractivity contribution in [1.82, 2.24) is 3.97 Å². The monoisotopic (exact) mass is 365 g/mol. The third-order valence-electron chi connectivity index (χ3n) is 3.23. The fourth-order valence-corrected chi connectivity index (χ4v) is 3.83. The Morgan fingerprint density at radius 3 is 2.38 bits per heavy atom. The molecule has 0 atom stereocenters. The zero-order valence-electron chi connectivity index (χ0n) is 11.2. The van der Waals surface area contributed by atoms with Crippen molar-refractivity contribution in [3.05, 3.63) is 59.2 Å². The van der Waals surface area contributed by atoms with Crippen molar-refractivity contribution >= 4 is 36.9 Å². The number of methoxy groups -OCH3 is 1. The molecular formula is C15H12BrNO3S. The lowest BCUT2D eigenvalue weighted by atomic mass is 10.2. The summed E-state index contributed by atoms with van der Waals surface area (Å²) in [6, 6.07) is 13.8. The van der Waals surface area contributed by atoms with Gasteiger partial charge in [0, 0.05) is 9.86 Å². The molecule has 0 bridgehead atoms. The van der Waals surface area contributed by atoms with Crippen LogP contribution in [0.25, 0.3) is 10.9 Å². The molecule has 0 radical (unpaired) electrons. The van der Waals surface area contributed by atoms with Gasteiger partial charge < -0.3 is 4.74 Å². The van der Waals surface area contributed by atoms with E-state index >= 15 is 0 Å². The summed E-state index contributed by atoms with van der Waals surface area (Å²) >= 11 is 3.30. The number of nitrogens with zero attached hydrogens (tertiary/aromatic N) is 1. The minimum atomic E-state index is -3.66. The number of ether oxygens (including phenoxy) is 1. The number of benzene rings is 2. The molecule has 0 aliphatic heterocycles. The van der Waals surface area contributed by atoms with Crippen LogP contribution in [0.2, 0.25) is 0 Å². The lowest BCUT2D eigenvalue weighted by Crippen LogP contribution is -2.11. The molecule has 3 aromatic rings. The molecule has 0 aliphatic carbocycles. The van der Waals surface area contributed by atoms with Gasteiger partial charge in [-0.2, -0.15) is 0 Å². The molecule has 3 rings (SSSR count). The van der Waals surface area contributed by atoms with E-state index in [1.807, 2.05) is 12.1 Å². The number of hydrogen-bond donors (Lipinski definition) is 0. The molecule has 0 fully saturated rings. The minimum Gasteiger partial charge on any atom is -0.494 e. The molecule has 0 unspecified atom stereocenters. The normalized spacial score (nSPS) is 11.7. The van der Waals surface area contributed by atoms with E-state index in [-0.39, 0.29) is 4.90 Å². The summed E-state index contributed by atoms with van der Waals surface area (Å²) in [6.45, 7) is 0. The van der Waals surface area contributed by atoms with E-state index in [9.17, 15) is 8.42 Å². The highest BCUT2D eigenvalue weighted by Crippen LogP contribution is 2.31. The third kappa shape index (κ3) is 2.34. The second-order valence-electron chi connectivity index (χ2n) is 4.47. The number of aromatic nitrogens is 1. The quantitative estimate of drug-likeness (QED) is 0.711. The fraction of sp³-hybridized carbons (Fsp3) is 0.0667. The van der Waals surface area contributed by atoms with Gasteiger partial charge in [0.25, 0.3) is 10.0 Å². The molecule has 0 aliphatic rings. The van der Waals surface area contributed by atoms with Crippen molar-refractivity contribution in [2.75, 3.05) is 7.11 Å². The first kappa shape index (κ1) is 14.2. The zero-order chi connectivity index (χ0) is 15.0. The summed E-state index contributed by atoms with van der Waals surface area (Å²) in [6.07, 6.45) is 1.50. The summed E-state index contributed by atoms with van der Waals surface area (Å²) in [4.78, 5) is 0.231. The molecule has 4 nitrogen and oxygen atoms in total. The number of para-hydroxylation sites is 1. The predicted octanol–water partition coefficient (Wildman–Crippen LogP) is 3.65. The number of rotatable bonds is 3. The van der Waals surface area contributed by atoms with Gasteiger partial charge in [0.05, 0.1) is 23.7 Å². The van der Waals surface area contributed by atoms with E-state index in [0.29, 0.717) is 11.3 Å². The second-order valence-corrected chi connectivity index (χ2v) is 7.20. The molecule has 0 saturated heterocycles. The molecule has 2 aromatic carbocycles. The maximum atomic E-state index is 12.8. The van der Waals surface area contributed by atoms with Crippen molar-refractivity contribution in [2.24, 2.45) is 0 Å². The minimum absolute atomic E-state index is 0.231. The Kier molecular flexibility index (Phi) is 3.51. The Labute approximate surface area is 131 Å². The molecule has 0 N–H and O–H groups in total. The first-order valence-corrected chi connectivity index (χ1v) is 8.42. The van der Waals surface area contributed by atoms with Crippen LogP contribution in [-0.4, -0.2) is 19.5 Å². The van der Waals surface area contributed by atoms with Crippen molar-refractivity contribution in [3.63, 3.8) is 0 Å². The van der Waals surface area contributed by atoms with E-state index in [2.05, 4.69) is 15.9 Å². The number of hydrogen-bond acceptors (Lipinski definition) is 3. The van der Waals surface area contributed by atoms with Crippen LogP contribution in [0.1, 0.15) is 0 Å². The molecule has 0 spiro atoms. The van der Waals surface area contributed by atoms with E-state index < -0.39 is 10.0 Å². The Balaban J connectivity index is 2.26. The Hall–Kier alpha value is -1.79. The van der Waals surface area contributed by atoms with Crippen molar-refractivity contribution in [1.29, 1.82) is 0 Å². The number of halogens is 1. The molecule has 0 amide bonds. The third-order valence-corrected chi connectivity index (χ3v) is 5.45. The highest BCUT2D eigenvalue weighted by Gasteiger charge is 2.21. The number of fused-ring (bicyclic) bond motifs is 1. The van der Waals surface area contributed by atoms with Gasteiger partial charge in [-0.1, -0.05) is 28.1 Å². The largest absolute Gasteiger partial charge is 0.494 e. The highest BCUT2D eigenvalue weighted by atomic mass is 79.9. The molecular weight excluding hydrogens is 354 g/mol. The molecule has 1 aromatic heterocycles. The highest BCUT2D eigenvalue weighted by molar-refractivity contribution is 9.10. The van der Waals surface area contributed by atoms with Crippen molar-refractivity contribution in [2.45, 2.75) is 4.90 Å². The van der Waals surface area contributed by atoms with Crippen LogP contribution >= 0.6 is 15.9 Å². The Morgan fingerprint density at radius 1 is 1.05 bits per heavy atom. The summed E-state index contributed by atoms with van der Waals surface area (Å²) in [5.74, 6) is 0.534.